The van der Waals surface area contributed by atoms with E-state index in [1.54, 1.807) is 49.4 Å². The monoisotopic (exact) mass is 310 g/mol. The fourth-order valence-electron chi connectivity index (χ4n) is 1.71. The van der Waals surface area contributed by atoms with Crippen LogP contribution in [0.3, 0.4) is 0 Å². The number of hydrogen-bond donors (Lipinski definition) is 0. The summed E-state index contributed by atoms with van der Waals surface area (Å²) in [6.07, 6.45) is -0.726. The molecule has 0 aliphatic rings. The molecular weight excluding hydrogens is 299 g/mol. The van der Waals surface area contributed by atoms with Gasteiger partial charge in [0.1, 0.15) is 5.75 Å². The highest BCUT2D eigenvalue weighted by atomic mass is 35.5. The highest BCUT2D eigenvalue weighted by molar-refractivity contribution is 6.39. The van der Waals surface area contributed by atoms with Crippen molar-refractivity contribution in [2.24, 2.45) is 0 Å². The summed E-state index contributed by atoms with van der Waals surface area (Å²) >= 11 is 12.3. The standard InChI is InChI=1S/C15H12Cl2O3/c1-2-19-15(18)20-11-8-6-10(7-9-11)14-12(16)4-3-5-13(14)17/h3-9H,2H2,1H3. The first-order valence-corrected chi connectivity index (χ1v) is 6.76. The van der Waals surface area contributed by atoms with E-state index in [-0.39, 0.29) is 6.61 Å². The molecule has 0 aliphatic heterocycles. The van der Waals surface area contributed by atoms with Crippen LogP contribution in [0, 0.1) is 0 Å². The fraction of sp³-hybridized carbons (Fsp3) is 0.133. The van der Waals surface area contributed by atoms with Crippen LogP contribution < -0.4 is 4.74 Å². The molecule has 0 unspecified atom stereocenters. The molecule has 0 fully saturated rings. The number of hydrogen-bond acceptors (Lipinski definition) is 3. The maximum absolute atomic E-state index is 11.2. The third-order valence-electron chi connectivity index (χ3n) is 2.57. The number of carbonyl (C=O) groups excluding carboxylic acids is 1. The minimum atomic E-state index is -0.726. The van der Waals surface area contributed by atoms with Crippen molar-refractivity contribution in [1.82, 2.24) is 0 Å². The van der Waals surface area contributed by atoms with Gasteiger partial charge < -0.3 is 9.47 Å². The van der Waals surface area contributed by atoms with Gasteiger partial charge in [0, 0.05) is 15.6 Å². The molecule has 2 aromatic carbocycles. The van der Waals surface area contributed by atoms with E-state index in [0.717, 1.165) is 11.1 Å². The van der Waals surface area contributed by atoms with Crippen LogP contribution in [0.1, 0.15) is 6.92 Å². The number of ether oxygens (including phenoxy) is 2. The van der Waals surface area contributed by atoms with Crippen LogP contribution in [0.25, 0.3) is 11.1 Å². The third kappa shape index (κ3) is 3.44. The summed E-state index contributed by atoms with van der Waals surface area (Å²) in [5, 5.41) is 1.13. The molecule has 0 saturated carbocycles. The van der Waals surface area contributed by atoms with E-state index in [9.17, 15) is 4.79 Å². The zero-order valence-corrected chi connectivity index (χ0v) is 12.2. The predicted octanol–water partition coefficient (Wildman–Crippen LogP) is 5.20. The van der Waals surface area contributed by atoms with E-state index in [0.29, 0.717) is 15.8 Å². The lowest BCUT2D eigenvalue weighted by Crippen LogP contribution is -2.09. The van der Waals surface area contributed by atoms with Crippen molar-refractivity contribution in [2.45, 2.75) is 6.92 Å². The Bertz CT molecular complexity index is 589. The van der Waals surface area contributed by atoms with Gasteiger partial charge in [-0.15, -0.1) is 0 Å². The molecule has 2 rings (SSSR count). The minimum absolute atomic E-state index is 0.270. The molecule has 0 N–H and O–H groups in total. The van der Waals surface area contributed by atoms with E-state index in [1.165, 1.54) is 0 Å². The van der Waals surface area contributed by atoms with Crippen molar-refractivity contribution >= 4 is 29.4 Å². The highest BCUT2D eigenvalue weighted by Crippen LogP contribution is 2.35. The summed E-state index contributed by atoms with van der Waals surface area (Å²) in [4.78, 5) is 11.2. The Balaban J connectivity index is 2.22. The van der Waals surface area contributed by atoms with Crippen LogP contribution in [0.5, 0.6) is 5.75 Å². The van der Waals surface area contributed by atoms with Gasteiger partial charge >= 0.3 is 6.16 Å². The molecule has 20 heavy (non-hydrogen) atoms. The minimum Gasteiger partial charge on any atom is -0.434 e. The Morgan fingerprint density at radius 1 is 1.05 bits per heavy atom. The first-order valence-electron chi connectivity index (χ1n) is 6.01. The SMILES string of the molecule is CCOC(=O)Oc1ccc(-c2c(Cl)cccc2Cl)cc1. The maximum atomic E-state index is 11.2. The Kier molecular flexibility index (Phi) is 4.88. The van der Waals surface area contributed by atoms with Crippen molar-refractivity contribution in [2.75, 3.05) is 6.61 Å². The Labute approximate surface area is 127 Å². The number of rotatable bonds is 3. The summed E-state index contributed by atoms with van der Waals surface area (Å²) in [6, 6.07) is 12.2. The molecule has 3 nitrogen and oxygen atoms in total. The van der Waals surface area contributed by atoms with E-state index in [4.69, 9.17) is 32.7 Å². The van der Waals surface area contributed by atoms with Gasteiger partial charge in [-0.2, -0.15) is 0 Å². The second kappa shape index (κ2) is 6.64. The van der Waals surface area contributed by atoms with Crippen LogP contribution in [-0.2, 0) is 4.74 Å². The quantitative estimate of drug-likeness (QED) is 0.577. The van der Waals surface area contributed by atoms with Crippen molar-refractivity contribution in [3.63, 3.8) is 0 Å². The molecule has 2 aromatic rings. The molecule has 0 aromatic heterocycles. The predicted molar refractivity (Wildman–Crippen MR) is 79.5 cm³/mol. The lowest BCUT2D eigenvalue weighted by Gasteiger charge is -2.08. The normalized spacial score (nSPS) is 10.2. The van der Waals surface area contributed by atoms with Crippen molar-refractivity contribution < 1.29 is 14.3 Å². The molecule has 0 aliphatic carbocycles. The maximum Gasteiger partial charge on any atom is 0.513 e. The van der Waals surface area contributed by atoms with Gasteiger partial charge in [0.2, 0.25) is 0 Å². The van der Waals surface area contributed by atoms with Gasteiger partial charge in [0.15, 0.2) is 0 Å². The molecule has 5 heteroatoms. The van der Waals surface area contributed by atoms with Crippen LogP contribution in [0.2, 0.25) is 10.0 Å². The van der Waals surface area contributed by atoms with Gasteiger partial charge in [-0.25, -0.2) is 4.79 Å². The van der Waals surface area contributed by atoms with Gasteiger partial charge in [-0.05, 0) is 36.8 Å². The second-order valence-electron chi connectivity index (χ2n) is 3.91. The smallest absolute Gasteiger partial charge is 0.434 e. The average molecular weight is 311 g/mol. The molecule has 0 spiro atoms. The molecular formula is C15H12Cl2O3. The number of halogens is 2. The first kappa shape index (κ1) is 14.7. The van der Waals surface area contributed by atoms with Gasteiger partial charge in [-0.3, -0.25) is 0 Å². The van der Waals surface area contributed by atoms with Gasteiger partial charge in [0.05, 0.1) is 6.61 Å². The Morgan fingerprint density at radius 3 is 2.20 bits per heavy atom. The average Bonchev–Trinajstić information content (AvgIpc) is 2.40. The Hall–Kier alpha value is -1.71. The van der Waals surface area contributed by atoms with Gasteiger partial charge in [0.25, 0.3) is 0 Å². The molecule has 0 amide bonds. The van der Waals surface area contributed by atoms with Crippen LogP contribution in [0.15, 0.2) is 42.5 Å². The number of benzene rings is 2. The topological polar surface area (TPSA) is 35.5 Å². The van der Waals surface area contributed by atoms with Crippen LogP contribution in [0.4, 0.5) is 4.79 Å². The van der Waals surface area contributed by atoms with E-state index in [1.807, 2.05) is 0 Å². The highest BCUT2D eigenvalue weighted by Gasteiger charge is 2.09. The molecule has 0 atom stereocenters. The van der Waals surface area contributed by atoms with Crippen molar-refractivity contribution in [1.29, 1.82) is 0 Å². The summed E-state index contributed by atoms with van der Waals surface area (Å²) < 4.78 is 9.67. The third-order valence-corrected chi connectivity index (χ3v) is 3.20. The zero-order valence-electron chi connectivity index (χ0n) is 10.7. The molecule has 104 valence electrons. The Morgan fingerprint density at radius 2 is 1.65 bits per heavy atom. The lowest BCUT2D eigenvalue weighted by molar-refractivity contribution is 0.104. The summed E-state index contributed by atoms with van der Waals surface area (Å²) in [6.45, 7) is 1.98. The molecule has 0 saturated heterocycles. The zero-order chi connectivity index (χ0) is 14.5. The van der Waals surface area contributed by atoms with E-state index < -0.39 is 6.16 Å². The fourth-order valence-corrected chi connectivity index (χ4v) is 2.32. The van der Waals surface area contributed by atoms with Crippen molar-refractivity contribution in [3.05, 3.63) is 52.5 Å². The van der Waals surface area contributed by atoms with Gasteiger partial charge in [-0.1, -0.05) is 41.4 Å². The largest absolute Gasteiger partial charge is 0.513 e. The van der Waals surface area contributed by atoms with E-state index in [2.05, 4.69) is 0 Å². The molecule has 0 bridgehead atoms. The summed E-state index contributed by atoms with van der Waals surface area (Å²) in [5.74, 6) is 0.398. The molecule has 0 radical (unpaired) electrons. The second-order valence-corrected chi connectivity index (χ2v) is 4.72. The first-order chi connectivity index (χ1) is 9.61. The van der Waals surface area contributed by atoms with Crippen LogP contribution in [-0.4, -0.2) is 12.8 Å². The lowest BCUT2D eigenvalue weighted by atomic mass is 10.1. The van der Waals surface area contributed by atoms with Crippen LogP contribution >= 0.6 is 23.2 Å². The summed E-state index contributed by atoms with van der Waals surface area (Å²) in [5.41, 5.74) is 1.59. The molecule has 0 heterocycles. The number of carbonyl (C=O) groups is 1. The van der Waals surface area contributed by atoms with E-state index >= 15 is 0 Å². The van der Waals surface area contributed by atoms with Crippen molar-refractivity contribution in [3.8, 4) is 16.9 Å². The summed E-state index contributed by atoms with van der Waals surface area (Å²) in [7, 11) is 0.